The number of aromatic hydroxyl groups is 1. The number of alkyl halides is 3. The van der Waals surface area contributed by atoms with Crippen molar-refractivity contribution >= 4 is 10.0 Å². The van der Waals surface area contributed by atoms with E-state index in [4.69, 9.17) is 0 Å². The van der Waals surface area contributed by atoms with E-state index in [0.717, 1.165) is 49.2 Å². The highest BCUT2D eigenvalue weighted by atomic mass is 32.2. The van der Waals surface area contributed by atoms with Crippen LogP contribution < -0.4 is 0 Å². The SMILES string of the molecule is CC1CCCN(CC2CC2)C(CN(C)S(=O)(=O)c2cccc(C(F)(F)F)c2)Cc2ccc(O)cc21. The van der Waals surface area contributed by atoms with Gasteiger partial charge in [0.25, 0.3) is 0 Å². The summed E-state index contributed by atoms with van der Waals surface area (Å²) in [4.78, 5) is 2.01. The lowest BCUT2D eigenvalue weighted by Gasteiger charge is -2.34. The quantitative estimate of drug-likeness (QED) is 0.577. The van der Waals surface area contributed by atoms with Gasteiger partial charge in [-0.3, -0.25) is 4.90 Å². The number of halogens is 3. The Kier molecular flexibility index (Phi) is 7.50. The summed E-state index contributed by atoms with van der Waals surface area (Å²) in [5.74, 6) is 1.09. The summed E-state index contributed by atoms with van der Waals surface area (Å²) in [6, 6.07) is 9.18. The number of rotatable bonds is 6. The molecule has 35 heavy (non-hydrogen) atoms. The number of phenolic OH excluding ortho intramolecular Hbond substituents is 1. The lowest BCUT2D eigenvalue weighted by atomic mass is 9.90. The second-order valence-corrected chi connectivity index (χ2v) is 12.1. The largest absolute Gasteiger partial charge is 0.508 e. The van der Waals surface area contributed by atoms with Gasteiger partial charge in [0.1, 0.15) is 5.75 Å². The van der Waals surface area contributed by atoms with E-state index in [2.05, 4.69) is 11.8 Å². The standard InChI is InChI=1S/C26H33F3N2O3S/c1-18-5-4-12-31(16-19-8-9-19)22(13-20-10-11-23(32)15-25(18)20)17-30(2)35(33,34)24-7-3-6-21(14-24)26(27,28)29/h3,6-7,10-11,14-15,18-19,22,32H,4-5,8-9,12-13,16-17H2,1-2H3. The summed E-state index contributed by atoms with van der Waals surface area (Å²) < 4.78 is 67.4. The molecule has 192 valence electrons. The molecule has 0 aromatic heterocycles. The molecular formula is C26H33F3N2O3S. The van der Waals surface area contributed by atoms with Gasteiger partial charge in [0.05, 0.1) is 10.5 Å². The molecule has 0 saturated heterocycles. The first-order valence-corrected chi connectivity index (χ1v) is 13.6. The zero-order chi connectivity index (χ0) is 25.4. The Morgan fingerprint density at radius 1 is 1.11 bits per heavy atom. The highest BCUT2D eigenvalue weighted by molar-refractivity contribution is 7.89. The molecule has 0 amide bonds. The Labute approximate surface area is 205 Å². The highest BCUT2D eigenvalue weighted by Crippen LogP contribution is 2.35. The Morgan fingerprint density at radius 2 is 1.86 bits per heavy atom. The number of phenols is 1. The second kappa shape index (κ2) is 10.1. The number of fused-ring (bicyclic) bond motifs is 1. The number of hydrogen-bond acceptors (Lipinski definition) is 4. The van der Waals surface area contributed by atoms with Crippen molar-refractivity contribution in [3.05, 3.63) is 59.2 Å². The first kappa shape index (κ1) is 26.0. The molecule has 9 heteroatoms. The summed E-state index contributed by atoms with van der Waals surface area (Å²) in [5, 5.41) is 10.1. The molecule has 1 aliphatic carbocycles. The van der Waals surface area contributed by atoms with Crippen LogP contribution in [0, 0.1) is 5.92 Å². The third-order valence-electron chi connectivity index (χ3n) is 7.24. The Balaban J connectivity index is 1.64. The molecule has 1 N–H and O–H groups in total. The van der Waals surface area contributed by atoms with Crippen molar-refractivity contribution in [1.82, 2.24) is 9.21 Å². The van der Waals surface area contributed by atoms with Crippen LogP contribution >= 0.6 is 0 Å². The van der Waals surface area contributed by atoms with Crippen molar-refractivity contribution < 1.29 is 26.7 Å². The molecule has 0 radical (unpaired) electrons. The Bertz CT molecular complexity index is 1150. The van der Waals surface area contributed by atoms with Crippen molar-refractivity contribution in [2.24, 2.45) is 5.92 Å². The van der Waals surface area contributed by atoms with Gasteiger partial charge in [-0.15, -0.1) is 0 Å². The molecule has 1 fully saturated rings. The Hall–Kier alpha value is -2.10. The molecule has 2 aliphatic rings. The summed E-state index contributed by atoms with van der Waals surface area (Å²) in [5.41, 5.74) is 1.17. The van der Waals surface area contributed by atoms with Crippen molar-refractivity contribution in [3.63, 3.8) is 0 Å². The van der Waals surface area contributed by atoms with E-state index in [9.17, 15) is 26.7 Å². The van der Waals surface area contributed by atoms with E-state index in [1.807, 2.05) is 6.07 Å². The minimum absolute atomic E-state index is 0.130. The molecule has 1 aliphatic heterocycles. The highest BCUT2D eigenvalue weighted by Gasteiger charge is 2.35. The van der Waals surface area contributed by atoms with Crippen LogP contribution in [0.25, 0.3) is 0 Å². The van der Waals surface area contributed by atoms with E-state index >= 15 is 0 Å². The third kappa shape index (κ3) is 6.19. The predicted molar refractivity (Wildman–Crippen MR) is 129 cm³/mol. The van der Waals surface area contributed by atoms with Crippen molar-refractivity contribution in [1.29, 1.82) is 0 Å². The van der Waals surface area contributed by atoms with Gasteiger partial charge < -0.3 is 5.11 Å². The van der Waals surface area contributed by atoms with Crippen LogP contribution in [0.15, 0.2) is 47.4 Å². The predicted octanol–water partition coefficient (Wildman–Crippen LogP) is 5.25. The normalized spacial score (nSPS) is 22.3. The van der Waals surface area contributed by atoms with Crippen LogP contribution in [0.4, 0.5) is 13.2 Å². The number of hydrogen-bond donors (Lipinski definition) is 1. The summed E-state index contributed by atoms with van der Waals surface area (Å²) in [6.45, 7) is 4.04. The average molecular weight is 511 g/mol. The van der Waals surface area contributed by atoms with Crippen LogP contribution in [0.1, 0.15) is 55.2 Å². The maximum Gasteiger partial charge on any atom is 0.416 e. The lowest BCUT2D eigenvalue weighted by molar-refractivity contribution is -0.137. The van der Waals surface area contributed by atoms with Gasteiger partial charge in [-0.2, -0.15) is 17.5 Å². The molecule has 4 rings (SSSR count). The number of benzene rings is 2. The van der Waals surface area contributed by atoms with Crippen molar-refractivity contribution in [2.75, 3.05) is 26.7 Å². The van der Waals surface area contributed by atoms with Crippen LogP contribution in [0.2, 0.25) is 0 Å². The number of likely N-dealkylation sites (N-methyl/N-ethyl adjacent to an activating group) is 1. The van der Waals surface area contributed by atoms with Gasteiger partial charge in [-0.25, -0.2) is 8.42 Å². The average Bonchev–Trinajstić information content (AvgIpc) is 3.61. The van der Waals surface area contributed by atoms with Crippen molar-refractivity contribution in [3.8, 4) is 5.75 Å². The van der Waals surface area contributed by atoms with Crippen LogP contribution in [-0.2, 0) is 22.6 Å². The van der Waals surface area contributed by atoms with E-state index in [-0.39, 0.29) is 29.1 Å². The molecule has 0 spiro atoms. The molecule has 1 saturated carbocycles. The molecular weight excluding hydrogens is 477 g/mol. The van der Waals surface area contributed by atoms with Crippen LogP contribution in [0.3, 0.4) is 0 Å². The summed E-state index contributed by atoms with van der Waals surface area (Å²) in [6.07, 6.45) is 0.237. The maximum atomic E-state index is 13.3. The first-order chi connectivity index (χ1) is 16.4. The van der Waals surface area contributed by atoms with Gasteiger partial charge in [-0.1, -0.05) is 19.1 Å². The molecule has 0 bridgehead atoms. The molecule has 2 aromatic carbocycles. The molecule has 2 aromatic rings. The second-order valence-electron chi connectivity index (χ2n) is 10.0. The van der Waals surface area contributed by atoms with Gasteiger partial charge in [-0.05, 0) is 91.9 Å². The van der Waals surface area contributed by atoms with Crippen LogP contribution in [-0.4, -0.2) is 55.5 Å². The fourth-order valence-corrected chi connectivity index (χ4v) is 6.26. The zero-order valence-electron chi connectivity index (χ0n) is 20.1. The minimum atomic E-state index is -4.62. The van der Waals surface area contributed by atoms with Gasteiger partial charge in [0.2, 0.25) is 10.0 Å². The molecule has 5 nitrogen and oxygen atoms in total. The minimum Gasteiger partial charge on any atom is -0.508 e. The van der Waals surface area contributed by atoms with E-state index in [1.54, 1.807) is 12.1 Å². The molecule has 1 heterocycles. The molecule has 2 unspecified atom stereocenters. The molecule has 2 atom stereocenters. The van der Waals surface area contributed by atoms with Crippen LogP contribution in [0.5, 0.6) is 5.75 Å². The summed E-state index contributed by atoms with van der Waals surface area (Å²) >= 11 is 0. The number of sulfonamides is 1. The van der Waals surface area contributed by atoms with E-state index < -0.39 is 21.8 Å². The topological polar surface area (TPSA) is 60.9 Å². The van der Waals surface area contributed by atoms with Gasteiger partial charge in [0, 0.05) is 26.2 Å². The third-order valence-corrected chi connectivity index (χ3v) is 9.06. The monoisotopic (exact) mass is 510 g/mol. The smallest absolute Gasteiger partial charge is 0.416 e. The van der Waals surface area contributed by atoms with E-state index in [1.165, 1.54) is 30.3 Å². The van der Waals surface area contributed by atoms with Crippen molar-refractivity contribution in [2.45, 2.75) is 62.1 Å². The fourth-order valence-electron chi connectivity index (χ4n) is 5.01. The zero-order valence-corrected chi connectivity index (χ0v) is 20.9. The number of nitrogens with zero attached hydrogens (tertiary/aromatic N) is 2. The Morgan fingerprint density at radius 3 is 2.54 bits per heavy atom. The first-order valence-electron chi connectivity index (χ1n) is 12.1. The maximum absolute atomic E-state index is 13.3. The lowest BCUT2D eigenvalue weighted by Crippen LogP contribution is -2.47. The fraction of sp³-hybridized carbons (Fsp3) is 0.538. The van der Waals surface area contributed by atoms with Gasteiger partial charge >= 0.3 is 6.18 Å². The van der Waals surface area contributed by atoms with Gasteiger partial charge in [0.15, 0.2) is 0 Å². The summed E-state index contributed by atoms with van der Waals surface area (Å²) in [7, 11) is -2.67. The van der Waals surface area contributed by atoms with E-state index in [0.29, 0.717) is 18.4 Å².